The van der Waals surface area contributed by atoms with Gasteiger partial charge in [-0.2, -0.15) is 0 Å². The van der Waals surface area contributed by atoms with Crippen molar-refractivity contribution in [3.63, 3.8) is 0 Å². The third kappa shape index (κ3) is 4.44. The smallest absolute Gasteiger partial charge is 0.330 e. The number of hydrogen-bond acceptors (Lipinski definition) is 4. The molecular formula is C22H23N5O2S. The van der Waals surface area contributed by atoms with E-state index in [1.807, 2.05) is 60.7 Å². The second kappa shape index (κ2) is 8.54. The van der Waals surface area contributed by atoms with Crippen molar-refractivity contribution in [1.29, 1.82) is 0 Å². The van der Waals surface area contributed by atoms with Gasteiger partial charge in [0.15, 0.2) is 10.8 Å². The molecule has 30 heavy (non-hydrogen) atoms. The van der Waals surface area contributed by atoms with E-state index in [4.69, 9.17) is 18.0 Å². The molecule has 1 saturated carbocycles. The van der Waals surface area contributed by atoms with Crippen molar-refractivity contribution in [3.05, 3.63) is 92.6 Å². The second-order valence-corrected chi connectivity index (χ2v) is 7.75. The molecule has 1 aliphatic carbocycles. The summed E-state index contributed by atoms with van der Waals surface area (Å²) in [5, 5.41) is 3.69. The number of nitrogen functional groups attached to an aromatic ring is 1. The van der Waals surface area contributed by atoms with Crippen LogP contribution in [0.1, 0.15) is 24.0 Å². The molecule has 8 heteroatoms. The topological polar surface area (TPSA) is 96.2 Å². The monoisotopic (exact) mass is 421 g/mol. The van der Waals surface area contributed by atoms with Crippen molar-refractivity contribution >= 4 is 28.8 Å². The summed E-state index contributed by atoms with van der Waals surface area (Å²) in [5.41, 5.74) is 7.32. The average molecular weight is 422 g/mol. The molecule has 4 N–H and O–H groups in total. The number of aromatic amines is 1. The Morgan fingerprint density at radius 2 is 1.67 bits per heavy atom. The minimum absolute atomic E-state index is 0.0866. The summed E-state index contributed by atoms with van der Waals surface area (Å²) in [6.45, 7) is 0.605. The van der Waals surface area contributed by atoms with E-state index in [1.54, 1.807) is 4.90 Å². The Labute approximate surface area is 179 Å². The molecule has 0 bridgehead atoms. The van der Waals surface area contributed by atoms with E-state index >= 15 is 0 Å². The zero-order chi connectivity index (χ0) is 21.1. The van der Waals surface area contributed by atoms with Crippen LogP contribution in [0.4, 0.5) is 11.5 Å². The Morgan fingerprint density at radius 1 is 1.07 bits per heavy atom. The molecule has 1 aliphatic rings. The Balaban J connectivity index is 1.76. The van der Waals surface area contributed by atoms with Crippen LogP contribution in [-0.4, -0.2) is 20.7 Å². The Hall–Kier alpha value is -3.39. The summed E-state index contributed by atoms with van der Waals surface area (Å²) in [6, 6.07) is 19.5. The Kier molecular flexibility index (Phi) is 5.67. The van der Waals surface area contributed by atoms with Gasteiger partial charge >= 0.3 is 5.69 Å². The van der Waals surface area contributed by atoms with Gasteiger partial charge in [0.2, 0.25) is 0 Å². The maximum Gasteiger partial charge on any atom is 0.330 e. The molecule has 1 heterocycles. The molecule has 0 amide bonds. The number of nitrogens with one attached hydrogen (secondary N) is 2. The summed E-state index contributed by atoms with van der Waals surface area (Å²) in [7, 11) is 0. The number of nitrogens with zero attached hydrogens (tertiary/aromatic N) is 2. The normalized spacial score (nSPS) is 13.1. The van der Waals surface area contributed by atoms with Crippen molar-refractivity contribution in [2.45, 2.75) is 32.0 Å². The van der Waals surface area contributed by atoms with Crippen LogP contribution in [0.25, 0.3) is 0 Å². The Bertz CT molecular complexity index is 1150. The number of anilines is 2. The van der Waals surface area contributed by atoms with Gasteiger partial charge in [-0.3, -0.25) is 14.3 Å². The summed E-state index contributed by atoms with van der Waals surface area (Å²) in [6.07, 6.45) is 2.08. The van der Waals surface area contributed by atoms with Gasteiger partial charge in [-0.1, -0.05) is 60.7 Å². The average Bonchev–Trinajstić information content (AvgIpc) is 3.56. The van der Waals surface area contributed by atoms with Crippen molar-refractivity contribution in [2.75, 3.05) is 10.6 Å². The molecule has 154 valence electrons. The van der Waals surface area contributed by atoms with E-state index in [0.29, 0.717) is 17.7 Å². The van der Waals surface area contributed by atoms with Gasteiger partial charge in [-0.15, -0.1) is 0 Å². The fraction of sp³-hybridized carbons (Fsp3) is 0.227. The van der Waals surface area contributed by atoms with Gasteiger partial charge in [0.1, 0.15) is 5.82 Å². The van der Waals surface area contributed by atoms with Crippen LogP contribution in [0.2, 0.25) is 0 Å². The molecule has 0 radical (unpaired) electrons. The number of aromatic nitrogens is 2. The maximum absolute atomic E-state index is 12.8. The lowest BCUT2D eigenvalue weighted by molar-refractivity contribution is 0.728. The minimum atomic E-state index is -0.558. The van der Waals surface area contributed by atoms with Crippen LogP contribution in [0.15, 0.2) is 70.3 Å². The molecule has 0 saturated heterocycles. The second-order valence-electron chi connectivity index (χ2n) is 7.36. The molecule has 4 rings (SSSR count). The van der Waals surface area contributed by atoms with Crippen LogP contribution in [-0.2, 0) is 13.1 Å². The standard InChI is InChI=1S/C22H23N5O2S/c23-19-18(20(28)25-21(29)27(19)14-16-9-5-2-6-10-16)26(22(30)24-17-11-12-17)13-15-7-3-1-4-8-15/h1-10,17H,11-14,23H2,(H,24,30)(H,25,28,29). The van der Waals surface area contributed by atoms with E-state index in [0.717, 1.165) is 24.0 Å². The van der Waals surface area contributed by atoms with Crippen LogP contribution in [0.3, 0.4) is 0 Å². The van der Waals surface area contributed by atoms with Gasteiger partial charge in [0.25, 0.3) is 5.56 Å². The van der Waals surface area contributed by atoms with Gasteiger partial charge in [-0.05, 0) is 36.2 Å². The van der Waals surface area contributed by atoms with E-state index < -0.39 is 11.2 Å². The SMILES string of the molecule is Nc1c(N(Cc2ccccc2)C(=S)NC2CC2)c(=O)[nH]c(=O)n1Cc1ccccc1. The fourth-order valence-corrected chi connectivity index (χ4v) is 3.58. The quantitative estimate of drug-likeness (QED) is 0.528. The summed E-state index contributed by atoms with van der Waals surface area (Å²) < 4.78 is 1.36. The molecule has 0 aliphatic heterocycles. The maximum atomic E-state index is 12.8. The third-order valence-corrected chi connectivity index (χ3v) is 5.34. The molecular weight excluding hydrogens is 398 g/mol. The number of thiocarbonyl (C=S) groups is 1. The largest absolute Gasteiger partial charge is 0.383 e. The van der Waals surface area contributed by atoms with Crippen molar-refractivity contribution in [1.82, 2.24) is 14.9 Å². The van der Waals surface area contributed by atoms with Crippen molar-refractivity contribution < 1.29 is 0 Å². The third-order valence-electron chi connectivity index (χ3n) is 5.00. The van der Waals surface area contributed by atoms with E-state index in [1.165, 1.54) is 4.57 Å². The van der Waals surface area contributed by atoms with E-state index in [9.17, 15) is 9.59 Å². The summed E-state index contributed by atoms with van der Waals surface area (Å²) in [5.74, 6) is 0.0866. The van der Waals surface area contributed by atoms with Crippen molar-refractivity contribution in [2.24, 2.45) is 0 Å². The molecule has 0 spiro atoms. The number of nitrogens with two attached hydrogens (primary N) is 1. The molecule has 2 aromatic carbocycles. The lowest BCUT2D eigenvalue weighted by Crippen LogP contribution is -2.45. The first-order valence-corrected chi connectivity index (χ1v) is 10.2. The molecule has 7 nitrogen and oxygen atoms in total. The van der Waals surface area contributed by atoms with Gasteiger partial charge in [0, 0.05) is 6.04 Å². The molecule has 0 atom stereocenters. The van der Waals surface area contributed by atoms with Gasteiger partial charge in [-0.25, -0.2) is 4.79 Å². The van der Waals surface area contributed by atoms with Crippen LogP contribution in [0.5, 0.6) is 0 Å². The highest BCUT2D eigenvalue weighted by Crippen LogP contribution is 2.23. The highest BCUT2D eigenvalue weighted by Gasteiger charge is 2.27. The zero-order valence-corrected chi connectivity index (χ0v) is 17.2. The summed E-state index contributed by atoms with van der Waals surface area (Å²) >= 11 is 5.62. The first-order valence-electron chi connectivity index (χ1n) is 9.81. The van der Waals surface area contributed by atoms with Crippen molar-refractivity contribution in [3.8, 4) is 0 Å². The fourth-order valence-electron chi connectivity index (χ4n) is 3.26. The lowest BCUT2D eigenvalue weighted by Gasteiger charge is -2.27. The summed E-state index contributed by atoms with van der Waals surface area (Å²) in [4.78, 5) is 29.4. The van der Waals surface area contributed by atoms with Crippen LogP contribution in [0, 0.1) is 0 Å². The Morgan fingerprint density at radius 3 is 2.27 bits per heavy atom. The molecule has 0 unspecified atom stereocenters. The van der Waals surface area contributed by atoms with Crippen LogP contribution < -0.4 is 27.2 Å². The number of rotatable bonds is 6. The first kappa shape index (κ1) is 19.9. The molecule has 1 aromatic heterocycles. The van der Waals surface area contributed by atoms with Crippen LogP contribution >= 0.6 is 12.2 Å². The molecule has 1 fully saturated rings. The number of benzene rings is 2. The predicted octanol–water partition coefficient (Wildman–Crippen LogP) is 2.21. The highest BCUT2D eigenvalue weighted by molar-refractivity contribution is 7.80. The zero-order valence-electron chi connectivity index (χ0n) is 16.4. The van der Waals surface area contributed by atoms with Gasteiger partial charge < -0.3 is 16.0 Å². The first-order chi connectivity index (χ1) is 14.5. The van der Waals surface area contributed by atoms with Gasteiger partial charge in [0.05, 0.1) is 13.1 Å². The predicted molar refractivity (Wildman–Crippen MR) is 123 cm³/mol. The minimum Gasteiger partial charge on any atom is -0.383 e. The van der Waals surface area contributed by atoms with E-state index in [-0.39, 0.29) is 18.1 Å². The molecule has 3 aromatic rings. The number of H-pyrrole nitrogens is 1. The lowest BCUT2D eigenvalue weighted by atomic mass is 10.2. The van der Waals surface area contributed by atoms with E-state index in [2.05, 4.69) is 10.3 Å². The highest BCUT2D eigenvalue weighted by atomic mass is 32.1. The number of hydrogen-bond donors (Lipinski definition) is 3.